The highest BCUT2D eigenvalue weighted by atomic mass is 32.1. The molecule has 1 amide bonds. The summed E-state index contributed by atoms with van der Waals surface area (Å²) in [6.45, 7) is 1.83. The average molecular weight is 423 g/mol. The molecule has 1 aromatic carbocycles. The number of ether oxygens (including phenoxy) is 1. The summed E-state index contributed by atoms with van der Waals surface area (Å²) in [7, 11) is 5.04. The van der Waals surface area contributed by atoms with Crippen LogP contribution >= 0.6 is 11.3 Å². The van der Waals surface area contributed by atoms with Gasteiger partial charge in [-0.3, -0.25) is 9.78 Å². The van der Waals surface area contributed by atoms with Crippen molar-refractivity contribution in [2.45, 2.75) is 6.92 Å². The molecule has 8 nitrogen and oxygen atoms in total. The van der Waals surface area contributed by atoms with Gasteiger partial charge in [-0.25, -0.2) is 4.98 Å². The minimum absolute atomic E-state index is 0. The van der Waals surface area contributed by atoms with E-state index in [4.69, 9.17) is 9.15 Å². The molecule has 9 heteroatoms. The number of rotatable bonds is 5. The van der Waals surface area contributed by atoms with Crippen LogP contribution in [0.2, 0.25) is 0 Å². The summed E-state index contributed by atoms with van der Waals surface area (Å²) >= 11 is 1.46. The molecule has 0 saturated carbocycles. The number of aryl methyl sites for hydroxylation is 1. The van der Waals surface area contributed by atoms with Gasteiger partial charge in [0.05, 0.1) is 24.7 Å². The molecule has 3 heterocycles. The van der Waals surface area contributed by atoms with E-state index in [9.17, 15) is 4.79 Å². The summed E-state index contributed by atoms with van der Waals surface area (Å²) in [6.07, 6.45) is 1.68. The van der Waals surface area contributed by atoms with Crippen LogP contribution in [0.4, 0.5) is 0 Å². The number of amides is 1. The first-order valence-electron chi connectivity index (χ1n) is 9.09. The van der Waals surface area contributed by atoms with Gasteiger partial charge in [0, 0.05) is 26.6 Å². The maximum atomic E-state index is 12.1. The van der Waals surface area contributed by atoms with Crippen molar-refractivity contribution >= 4 is 17.2 Å². The van der Waals surface area contributed by atoms with E-state index in [2.05, 4.69) is 20.2 Å². The predicted molar refractivity (Wildman–Crippen MR) is 115 cm³/mol. The van der Waals surface area contributed by atoms with Crippen LogP contribution in [0.15, 0.2) is 46.3 Å². The van der Waals surface area contributed by atoms with Crippen molar-refractivity contribution in [1.82, 2.24) is 25.1 Å². The highest BCUT2D eigenvalue weighted by Crippen LogP contribution is 2.35. The van der Waals surface area contributed by atoms with Crippen LogP contribution in [-0.4, -0.2) is 52.2 Å². The first-order chi connectivity index (χ1) is 14.5. The first kappa shape index (κ1) is 19.7. The molecule has 0 radical (unpaired) electrons. The van der Waals surface area contributed by atoms with Gasteiger partial charge >= 0.3 is 0 Å². The van der Waals surface area contributed by atoms with Crippen molar-refractivity contribution in [2.24, 2.45) is 0 Å². The molecule has 0 saturated heterocycles. The van der Waals surface area contributed by atoms with E-state index in [1.807, 2.05) is 30.5 Å². The van der Waals surface area contributed by atoms with E-state index in [1.165, 1.54) is 16.2 Å². The summed E-state index contributed by atoms with van der Waals surface area (Å²) < 4.78 is 11.2. The first-order valence-corrected chi connectivity index (χ1v) is 9.97. The molecule has 0 aliphatic heterocycles. The molecule has 0 bridgehead atoms. The second kappa shape index (κ2) is 8.03. The van der Waals surface area contributed by atoms with Crippen LogP contribution in [0, 0.1) is 6.92 Å². The van der Waals surface area contributed by atoms with Crippen LogP contribution in [0.1, 0.15) is 17.5 Å². The Hall–Kier alpha value is -3.59. The zero-order valence-electron chi connectivity index (χ0n) is 16.9. The fourth-order valence-corrected chi connectivity index (χ4v) is 3.64. The molecule has 0 unspecified atom stereocenters. The van der Waals surface area contributed by atoms with Gasteiger partial charge in [-0.05, 0) is 30.5 Å². The Bertz CT molecular complexity index is 1200. The highest BCUT2D eigenvalue weighted by Gasteiger charge is 2.19. The Labute approximate surface area is 178 Å². The lowest BCUT2D eigenvalue weighted by Gasteiger charge is -2.10. The van der Waals surface area contributed by atoms with Crippen molar-refractivity contribution in [3.8, 4) is 39.4 Å². The molecular formula is C21H21N5O3S. The minimum atomic E-state index is -0.0559. The number of benzene rings is 1. The van der Waals surface area contributed by atoms with E-state index >= 15 is 0 Å². The largest absolute Gasteiger partial charge is 0.495 e. The quantitative estimate of drug-likeness (QED) is 0.475. The molecule has 30 heavy (non-hydrogen) atoms. The standard InChI is InChI=1S/C21H19N5O3S.H2/c1-12-17(19-24-25-20(29-19)18-16(28-4)9-10-30-18)23-15(11-22-12)13-5-7-14(8-6-13)21(27)26(2)3;/h5-11H,1-4H3;1H. The second-order valence-corrected chi connectivity index (χ2v) is 7.61. The van der Waals surface area contributed by atoms with E-state index in [0.29, 0.717) is 34.3 Å². The van der Waals surface area contributed by atoms with Gasteiger partial charge in [0.1, 0.15) is 16.3 Å². The van der Waals surface area contributed by atoms with Crippen LogP contribution in [-0.2, 0) is 0 Å². The Balaban J connectivity index is 0.00000272. The molecule has 3 aromatic heterocycles. The van der Waals surface area contributed by atoms with Crippen LogP contribution < -0.4 is 4.74 Å². The lowest BCUT2D eigenvalue weighted by atomic mass is 10.1. The summed E-state index contributed by atoms with van der Waals surface area (Å²) in [6, 6.07) is 9.07. The third-order valence-corrected chi connectivity index (χ3v) is 5.34. The van der Waals surface area contributed by atoms with E-state index < -0.39 is 0 Å². The Morgan fingerprint density at radius 1 is 1.13 bits per heavy atom. The topological polar surface area (TPSA) is 94.2 Å². The number of hydrogen-bond acceptors (Lipinski definition) is 8. The van der Waals surface area contributed by atoms with Crippen molar-refractivity contribution in [2.75, 3.05) is 21.2 Å². The van der Waals surface area contributed by atoms with Crippen LogP contribution in [0.3, 0.4) is 0 Å². The normalized spacial score (nSPS) is 10.8. The highest BCUT2D eigenvalue weighted by molar-refractivity contribution is 7.13. The van der Waals surface area contributed by atoms with Gasteiger partial charge in [0.25, 0.3) is 17.7 Å². The number of methoxy groups -OCH3 is 1. The minimum Gasteiger partial charge on any atom is -0.495 e. The van der Waals surface area contributed by atoms with Crippen molar-refractivity contribution in [3.05, 3.63) is 53.2 Å². The Morgan fingerprint density at radius 2 is 1.87 bits per heavy atom. The number of carbonyl (C=O) groups is 1. The number of nitrogens with zero attached hydrogens (tertiary/aromatic N) is 5. The molecule has 0 fully saturated rings. The molecule has 4 aromatic rings. The molecule has 0 spiro atoms. The Morgan fingerprint density at radius 3 is 2.57 bits per heavy atom. The smallest absolute Gasteiger partial charge is 0.268 e. The summed E-state index contributed by atoms with van der Waals surface area (Å²) in [5, 5.41) is 10.2. The molecule has 154 valence electrons. The number of carbonyl (C=O) groups excluding carboxylic acids is 1. The van der Waals surface area contributed by atoms with Gasteiger partial charge in [-0.2, -0.15) is 0 Å². The van der Waals surface area contributed by atoms with E-state index in [0.717, 1.165) is 10.4 Å². The molecule has 0 N–H and O–H groups in total. The lowest BCUT2D eigenvalue weighted by molar-refractivity contribution is 0.0827. The summed E-state index contributed by atoms with van der Waals surface area (Å²) in [4.78, 5) is 23.5. The summed E-state index contributed by atoms with van der Waals surface area (Å²) in [5.41, 5.74) is 3.27. The zero-order valence-corrected chi connectivity index (χ0v) is 17.7. The maximum absolute atomic E-state index is 12.1. The zero-order chi connectivity index (χ0) is 21.3. The maximum Gasteiger partial charge on any atom is 0.268 e. The predicted octanol–water partition coefficient (Wildman–Crippen LogP) is 4.19. The molecule has 0 aliphatic rings. The number of aromatic nitrogens is 4. The third-order valence-electron chi connectivity index (χ3n) is 4.46. The fraction of sp³-hybridized carbons (Fsp3) is 0.190. The van der Waals surface area contributed by atoms with Crippen molar-refractivity contribution in [3.63, 3.8) is 0 Å². The molecule has 0 aliphatic carbocycles. The number of thiophene rings is 1. The van der Waals surface area contributed by atoms with Gasteiger partial charge in [0.15, 0.2) is 0 Å². The summed E-state index contributed by atoms with van der Waals surface area (Å²) in [5.74, 6) is 1.28. The van der Waals surface area contributed by atoms with E-state index in [-0.39, 0.29) is 13.2 Å². The fourth-order valence-electron chi connectivity index (χ4n) is 2.86. The molecular weight excluding hydrogens is 402 g/mol. The average Bonchev–Trinajstić information content (AvgIpc) is 3.42. The van der Waals surface area contributed by atoms with Gasteiger partial charge in [-0.15, -0.1) is 21.5 Å². The van der Waals surface area contributed by atoms with E-state index in [1.54, 1.807) is 39.5 Å². The van der Waals surface area contributed by atoms with Gasteiger partial charge in [-0.1, -0.05) is 12.1 Å². The van der Waals surface area contributed by atoms with Crippen LogP contribution in [0.25, 0.3) is 33.6 Å². The van der Waals surface area contributed by atoms with Gasteiger partial charge in [0.2, 0.25) is 0 Å². The number of hydrogen-bond donors (Lipinski definition) is 0. The SMILES string of the molecule is COc1ccsc1-c1nnc(-c2nc(-c3ccc(C(=O)N(C)C)cc3)cnc2C)o1.[HH]. The molecule has 0 atom stereocenters. The second-order valence-electron chi connectivity index (χ2n) is 6.70. The third kappa shape index (κ3) is 3.67. The lowest BCUT2D eigenvalue weighted by Crippen LogP contribution is -2.21. The van der Waals surface area contributed by atoms with Crippen LogP contribution in [0.5, 0.6) is 5.75 Å². The Kier molecular flexibility index (Phi) is 5.28. The van der Waals surface area contributed by atoms with Gasteiger partial charge < -0.3 is 14.1 Å². The van der Waals surface area contributed by atoms with Crippen molar-refractivity contribution < 1.29 is 15.4 Å². The van der Waals surface area contributed by atoms with Crippen molar-refractivity contribution in [1.29, 1.82) is 0 Å². The molecule has 4 rings (SSSR count). The monoisotopic (exact) mass is 423 g/mol.